The first-order valence-electron chi connectivity index (χ1n) is 7.35. The SMILES string of the molecule is CCOC1CCCN(Cc2nc(NN)c3ccsc3n2)C1. The fraction of sp³-hybridized carbons (Fsp3) is 0.571. The Morgan fingerprint density at radius 2 is 2.43 bits per heavy atom. The van der Waals surface area contributed by atoms with Gasteiger partial charge in [0, 0.05) is 13.2 Å². The van der Waals surface area contributed by atoms with Crippen LogP contribution < -0.4 is 11.3 Å². The Morgan fingerprint density at radius 3 is 3.24 bits per heavy atom. The van der Waals surface area contributed by atoms with Crippen LogP contribution >= 0.6 is 11.3 Å². The van der Waals surface area contributed by atoms with Crippen LogP contribution in [0, 0.1) is 0 Å². The largest absolute Gasteiger partial charge is 0.377 e. The van der Waals surface area contributed by atoms with Gasteiger partial charge in [0.15, 0.2) is 5.82 Å². The quantitative estimate of drug-likeness (QED) is 0.650. The number of nitrogen functional groups attached to an aromatic ring is 1. The second kappa shape index (κ2) is 6.65. The number of nitrogens with one attached hydrogen (secondary N) is 1. The minimum absolute atomic E-state index is 0.335. The monoisotopic (exact) mass is 307 g/mol. The minimum Gasteiger partial charge on any atom is -0.377 e. The summed E-state index contributed by atoms with van der Waals surface area (Å²) in [5.41, 5.74) is 2.68. The Labute approximate surface area is 128 Å². The van der Waals surface area contributed by atoms with E-state index in [9.17, 15) is 0 Å². The number of likely N-dealkylation sites (tertiary alicyclic amines) is 1. The maximum absolute atomic E-state index is 5.74. The number of fused-ring (bicyclic) bond motifs is 1. The number of thiophene rings is 1. The Bertz CT molecular complexity index is 600. The molecule has 2 aromatic heterocycles. The number of hydrogen-bond acceptors (Lipinski definition) is 7. The van der Waals surface area contributed by atoms with Crippen LogP contribution in [0.1, 0.15) is 25.6 Å². The molecule has 1 unspecified atom stereocenters. The van der Waals surface area contributed by atoms with Crippen LogP contribution in [0.2, 0.25) is 0 Å². The molecule has 3 heterocycles. The lowest BCUT2D eigenvalue weighted by Crippen LogP contribution is -2.39. The third-order valence-electron chi connectivity index (χ3n) is 3.74. The van der Waals surface area contributed by atoms with E-state index in [2.05, 4.69) is 20.3 Å². The number of rotatable bonds is 5. The lowest BCUT2D eigenvalue weighted by Gasteiger charge is -2.31. The smallest absolute Gasteiger partial charge is 0.152 e. The van der Waals surface area contributed by atoms with E-state index in [0.717, 1.165) is 55.1 Å². The summed E-state index contributed by atoms with van der Waals surface area (Å²) in [6.07, 6.45) is 2.64. The van der Waals surface area contributed by atoms with Crippen LogP contribution in [0.5, 0.6) is 0 Å². The molecule has 21 heavy (non-hydrogen) atoms. The fourth-order valence-electron chi connectivity index (χ4n) is 2.81. The molecule has 0 aliphatic carbocycles. The molecule has 1 saturated heterocycles. The molecule has 0 radical (unpaired) electrons. The molecule has 0 bridgehead atoms. The normalized spacial score (nSPS) is 20.0. The molecule has 3 rings (SSSR count). The number of nitrogens with two attached hydrogens (primary N) is 1. The van der Waals surface area contributed by atoms with Crippen molar-refractivity contribution in [1.29, 1.82) is 0 Å². The maximum Gasteiger partial charge on any atom is 0.152 e. The second-order valence-corrected chi connectivity index (χ2v) is 6.12. The van der Waals surface area contributed by atoms with E-state index < -0.39 is 0 Å². The van der Waals surface area contributed by atoms with Crippen LogP contribution in [0.4, 0.5) is 5.82 Å². The third kappa shape index (κ3) is 3.32. The first-order chi connectivity index (χ1) is 10.3. The topological polar surface area (TPSA) is 76.3 Å². The Balaban J connectivity index is 1.75. The number of hydrazine groups is 1. The first-order valence-corrected chi connectivity index (χ1v) is 8.22. The van der Waals surface area contributed by atoms with Crippen molar-refractivity contribution in [2.75, 3.05) is 25.1 Å². The summed E-state index contributed by atoms with van der Waals surface area (Å²) in [5.74, 6) is 7.09. The van der Waals surface area contributed by atoms with Gasteiger partial charge >= 0.3 is 0 Å². The van der Waals surface area contributed by atoms with Crippen molar-refractivity contribution in [3.63, 3.8) is 0 Å². The van der Waals surface area contributed by atoms with Crippen LogP contribution in [0.25, 0.3) is 10.2 Å². The number of hydrogen-bond donors (Lipinski definition) is 2. The zero-order valence-corrected chi connectivity index (χ0v) is 13.0. The van der Waals surface area contributed by atoms with Gasteiger partial charge in [0.05, 0.1) is 18.0 Å². The molecule has 6 nitrogen and oxygen atoms in total. The zero-order valence-electron chi connectivity index (χ0n) is 12.2. The van der Waals surface area contributed by atoms with Gasteiger partial charge in [0.25, 0.3) is 0 Å². The molecule has 1 aliphatic rings. The molecule has 0 saturated carbocycles. The molecule has 0 aromatic carbocycles. The summed E-state index contributed by atoms with van der Waals surface area (Å²) in [7, 11) is 0. The van der Waals surface area contributed by atoms with Crippen molar-refractivity contribution in [3.05, 3.63) is 17.3 Å². The summed E-state index contributed by atoms with van der Waals surface area (Å²) in [5, 5.41) is 2.99. The summed E-state index contributed by atoms with van der Waals surface area (Å²) >= 11 is 1.61. The van der Waals surface area contributed by atoms with Crippen molar-refractivity contribution in [1.82, 2.24) is 14.9 Å². The van der Waals surface area contributed by atoms with Gasteiger partial charge in [-0.05, 0) is 37.8 Å². The van der Waals surface area contributed by atoms with Crippen molar-refractivity contribution >= 4 is 27.4 Å². The molecule has 114 valence electrons. The average molecular weight is 307 g/mol. The Kier molecular flexibility index (Phi) is 4.64. The van der Waals surface area contributed by atoms with Crippen LogP contribution in [0.3, 0.4) is 0 Å². The Hall–Kier alpha value is -1.28. The highest BCUT2D eigenvalue weighted by atomic mass is 32.1. The maximum atomic E-state index is 5.74. The zero-order chi connectivity index (χ0) is 14.7. The molecule has 0 spiro atoms. The van der Waals surface area contributed by atoms with Crippen LogP contribution in [0.15, 0.2) is 11.4 Å². The van der Waals surface area contributed by atoms with E-state index in [-0.39, 0.29) is 0 Å². The number of nitrogens with zero attached hydrogens (tertiary/aromatic N) is 3. The molecule has 3 N–H and O–H groups in total. The number of anilines is 1. The van der Waals surface area contributed by atoms with Gasteiger partial charge in [-0.2, -0.15) is 0 Å². The fourth-order valence-corrected chi connectivity index (χ4v) is 3.59. The highest BCUT2D eigenvalue weighted by molar-refractivity contribution is 7.16. The molecule has 1 atom stereocenters. The predicted octanol–water partition coefficient (Wildman–Crippen LogP) is 1.98. The lowest BCUT2D eigenvalue weighted by molar-refractivity contribution is 0.00301. The highest BCUT2D eigenvalue weighted by Crippen LogP contribution is 2.25. The van der Waals surface area contributed by atoms with Crippen molar-refractivity contribution in [2.45, 2.75) is 32.4 Å². The molecule has 7 heteroatoms. The van der Waals surface area contributed by atoms with Crippen LogP contribution in [-0.4, -0.2) is 40.7 Å². The number of piperidine rings is 1. The summed E-state index contributed by atoms with van der Waals surface area (Å²) in [6.45, 7) is 5.58. The van der Waals surface area contributed by atoms with E-state index >= 15 is 0 Å². The van der Waals surface area contributed by atoms with Crippen molar-refractivity contribution in [3.8, 4) is 0 Å². The van der Waals surface area contributed by atoms with Crippen molar-refractivity contribution in [2.24, 2.45) is 5.84 Å². The minimum atomic E-state index is 0.335. The molecule has 1 fully saturated rings. The molecule has 2 aromatic rings. The van der Waals surface area contributed by atoms with E-state index in [1.807, 2.05) is 18.4 Å². The molecule has 0 amide bonds. The predicted molar refractivity (Wildman–Crippen MR) is 85.2 cm³/mol. The Morgan fingerprint density at radius 1 is 1.52 bits per heavy atom. The average Bonchev–Trinajstić information content (AvgIpc) is 2.95. The van der Waals surface area contributed by atoms with Gasteiger partial charge in [-0.3, -0.25) is 4.90 Å². The first kappa shape index (κ1) is 14.6. The highest BCUT2D eigenvalue weighted by Gasteiger charge is 2.21. The molecular formula is C14H21N5OS. The van der Waals surface area contributed by atoms with Crippen molar-refractivity contribution < 1.29 is 4.74 Å². The van der Waals surface area contributed by atoms with Gasteiger partial charge in [-0.1, -0.05) is 0 Å². The summed E-state index contributed by atoms with van der Waals surface area (Å²) < 4.78 is 5.74. The summed E-state index contributed by atoms with van der Waals surface area (Å²) in [4.78, 5) is 12.5. The van der Waals surface area contributed by atoms with E-state index in [1.54, 1.807) is 11.3 Å². The molecular weight excluding hydrogens is 286 g/mol. The number of aromatic nitrogens is 2. The standard InChI is InChI=1S/C14H21N5OS/c1-2-20-10-4-3-6-19(8-10)9-12-16-13(18-15)11-5-7-21-14(11)17-12/h5,7,10H,2-4,6,8-9,15H2,1H3,(H,16,17,18). The molecule has 1 aliphatic heterocycles. The van der Waals surface area contributed by atoms with Gasteiger partial charge in [0.2, 0.25) is 0 Å². The summed E-state index contributed by atoms with van der Waals surface area (Å²) in [6, 6.07) is 1.99. The van der Waals surface area contributed by atoms with Gasteiger partial charge in [0.1, 0.15) is 10.7 Å². The van der Waals surface area contributed by atoms with E-state index in [0.29, 0.717) is 11.9 Å². The van der Waals surface area contributed by atoms with Gasteiger partial charge < -0.3 is 10.2 Å². The number of ether oxygens (including phenoxy) is 1. The lowest BCUT2D eigenvalue weighted by atomic mass is 10.1. The van der Waals surface area contributed by atoms with Gasteiger partial charge in [-0.15, -0.1) is 11.3 Å². The third-order valence-corrected chi connectivity index (χ3v) is 4.54. The second-order valence-electron chi connectivity index (χ2n) is 5.23. The van der Waals surface area contributed by atoms with E-state index in [1.165, 1.54) is 0 Å². The van der Waals surface area contributed by atoms with Crippen LogP contribution in [-0.2, 0) is 11.3 Å². The van der Waals surface area contributed by atoms with Gasteiger partial charge in [-0.25, -0.2) is 15.8 Å². The van der Waals surface area contributed by atoms with E-state index in [4.69, 9.17) is 10.6 Å².